The molecular weight excluding hydrogens is 508 g/mol. The topological polar surface area (TPSA) is 99.6 Å². The first-order valence-electron chi connectivity index (χ1n) is 11.7. The number of primary amides is 1. The number of aromatic nitrogens is 2. The average Bonchev–Trinajstić information content (AvgIpc) is 2.87. The van der Waals surface area contributed by atoms with Gasteiger partial charge in [-0.1, -0.05) is 65.5 Å². The predicted molar refractivity (Wildman–Crippen MR) is 141 cm³/mol. The molecule has 1 aliphatic carbocycles. The molecule has 4 aromatic rings. The van der Waals surface area contributed by atoms with Gasteiger partial charge in [-0.25, -0.2) is 4.98 Å². The summed E-state index contributed by atoms with van der Waals surface area (Å²) in [5.74, 6) is 0.747. The smallest absolute Gasteiger partial charge is 0.282 e. The molecule has 35 heavy (non-hydrogen) atoms. The third-order valence-electron chi connectivity index (χ3n) is 6.41. The van der Waals surface area contributed by atoms with Crippen LogP contribution in [0.1, 0.15) is 49.4 Å². The molecule has 2 N–H and O–H groups in total. The van der Waals surface area contributed by atoms with Crippen molar-refractivity contribution in [1.82, 2.24) is 9.66 Å². The molecule has 1 heterocycles. The first kappa shape index (κ1) is 23.2. The van der Waals surface area contributed by atoms with E-state index in [2.05, 4.69) is 21.0 Å². The second-order valence-electron chi connectivity index (χ2n) is 8.78. The van der Waals surface area contributed by atoms with E-state index in [4.69, 9.17) is 15.5 Å². The van der Waals surface area contributed by atoms with Crippen molar-refractivity contribution in [3.05, 3.63) is 80.8 Å². The van der Waals surface area contributed by atoms with E-state index in [0.717, 1.165) is 40.9 Å². The minimum absolute atomic E-state index is 0.166. The molecule has 178 valence electrons. The van der Waals surface area contributed by atoms with Gasteiger partial charge in [0.2, 0.25) is 0 Å². The highest BCUT2D eigenvalue weighted by Crippen LogP contribution is 2.32. The molecule has 7 nitrogen and oxygen atoms in total. The van der Waals surface area contributed by atoms with E-state index in [1.807, 2.05) is 42.5 Å². The fourth-order valence-electron chi connectivity index (χ4n) is 4.70. The van der Waals surface area contributed by atoms with Crippen LogP contribution in [0.25, 0.3) is 21.7 Å². The summed E-state index contributed by atoms with van der Waals surface area (Å²) in [7, 11) is 0. The van der Waals surface area contributed by atoms with Crippen LogP contribution in [-0.2, 0) is 4.79 Å². The van der Waals surface area contributed by atoms with Gasteiger partial charge in [-0.05, 0) is 47.9 Å². The number of fused-ring (bicyclic) bond motifs is 2. The molecule has 0 aliphatic heterocycles. The van der Waals surface area contributed by atoms with Gasteiger partial charge in [-0.3, -0.25) is 9.59 Å². The van der Waals surface area contributed by atoms with Gasteiger partial charge in [0.25, 0.3) is 11.5 Å². The van der Waals surface area contributed by atoms with E-state index in [1.54, 1.807) is 18.3 Å². The van der Waals surface area contributed by atoms with E-state index < -0.39 is 5.91 Å². The maximum absolute atomic E-state index is 13.6. The third kappa shape index (κ3) is 4.84. The van der Waals surface area contributed by atoms with Crippen LogP contribution in [-0.4, -0.2) is 28.4 Å². The summed E-state index contributed by atoms with van der Waals surface area (Å²) >= 11 is 3.46. The van der Waals surface area contributed by atoms with Crippen LogP contribution in [0.3, 0.4) is 0 Å². The third-order valence-corrected chi connectivity index (χ3v) is 6.90. The highest BCUT2D eigenvalue weighted by Gasteiger charge is 2.22. The summed E-state index contributed by atoms with van der Waals surface area (Å²) in [6.07, 6.45) is 6.99. The van der Waals surface area contributed by atoms with Crippen molar-refractivity contribution in [2.24, 2.45) is 10.8 Å². The van der Waals surface area contributed by atoms with E-state index in [-0.39, 0.29) is 18.1 Å². The summed E-state index contributed by atoms with van der Waals surface area (Å²) < 4.78 is 7.92. The van der Waals surface area contributed by atoms with Gasteiger partial charge in [0.15, 0.2) is 6.61 Å². The molecule has 0 saturated heterocycles. The van der Waals surface area contributed by atoms with Gasteiger partial charge in [-0.15, -0.1) is 0 Å². The number of hydrogen-bond acceptors (Lipinski definition) is 5. The lowest BCUT2D eigenvalue weighted by Gasteiger charge is -2.22. The first-order valence-corrected chi connectivity index (χ1v) is 12.5. The van der Waals surface area contributed by atoms with Crippen LogP contribution in [0.4, 0.5) is 0 Å². The normalized spacial score (nSPS) is 14.7. The lowest BCUT2D eigenvalue weighted by atomic mass is 9.88. The second kappa shape index (κ2) is 10.00. The van der Waals surface area contributed by atoms with Crippen LogP contribution < -0.4 is 16.0 Å². The minimum Gasteiger partial charge on any atom is -0.483 e. The van der Waals surface area contributed by atoms with Crippen LogP contribution >= 0.6 is 15.9 Å². The number of nitrogens with zero attached hydrogens (tertiary/aromatic N) is 3. The molecule has 1 aliphatic rings. The predicted octanol–water partition coefficient (Wildman–Crippen LogP) is 5.11. The fraction of sp³-hybridized carbons (Fsp3) is 0.259. The van der Waals surface area contributed by atoms with Crippen LogP contribution in [0, 0.1) is 0 Å². The van der Waals surface area contributed by atoms with E-state index in [1.165, 1.54) is 11.1 Å². The average molecular weight is 533 g/mol. The van der Waals surface area contributed by atoms with Crippen molar-refractivity contribution in [2.75, 3.05) is 6.61 Å². The van der Waals surface area contributed by atoms with E-state index in [9.17, 15) is 9.59 Å². The highest BCUT2D eigenvalue weighted by atomic mass is 79.9. The molecule has 1 saturated carbocycles. The maximum Gasteiger partial charge on any atom is 0.282 e. The monoisotopic (exact) mass is 532 g/mol. The minimum atomic E-state index is -0.568. The number of benzene rings is 3. The van der Waals surface area contributed by atoms with Gasteiger partial charge in [0.05, 0.1) is 17.1 Å². The molecule has 0 bridgehead atoms. The number of amides is 1. The van der Waals surface area contributed by atoms with Gasteiger partial charge >= 0.3 is 0 Å². The van der Waals surface area contributed by atoms with Gasteiger partial charge < -0.3 is 10.5 Å². The Balaban J connectivity index is 1.68. The van der Waals surface area contributed by atoms with Crippen molar-refractivity contribution in [1.29, 1.82) is 0 Å². The molecule has 3 aromatic carbocycles. The van der Waals surface area contributed by atoms with Crippen molar-refractivity contribution in [3.63, 3.8) is 0 Å². The number of hydrogen-bond donors (Lipinski definition) is 1. The number of halogens is 1. The molecule has 1 amide bonds. The van der Waals surface area contributed by atoms with Crippen molar-refractivity contribution in [2.45, 2.75) is 38.0 Å². The van der Waals surface area contributed by atoms with Crippen LogP contribution in [0.15, 0.2) is 69.0 Å². The van der Waals surface area contributed by atoms with Gasteiger partial charge in [-0.2, -0.15) is 9.78 Å². The summed E-state index contributed by atoms with van der Waals surface area (Å²) in [6.45, 7) is -0.252. The van der Waals surface area contributed by atoms with Crippen LogP contribution in [0.5, 0.6) is 5.75 Å². The number of carbonyl (C=O) groups is 1. The Labute approximate surface area is 210 Å². The summed E-state index contributed by atoms with van der Waals surface area (Å²) in [5.41, 5.74) is 6.42. The Morgan fingerprint density at radius 3 is 2.71 bits per heavy atom. The zero-order valence-corrected chi connectivity index (χ0v) is 20.7. The molecule has 0 spiro atoms. The Morgan fingerprint density at radius 1 is 1.11 bits per heavy atom. The van der Waals surface area contributed by atoms with E-state index in [0.29, 0.717) is 28.0 Å². The Hall–Kier alpha value is -3.52. The Morgan fingerprint density at radius 2 is 1.91 bits per heavy atom. The summed E-state index contributed by atoms with van der Waals surface area (Å²) in [4.78, 5) is 29.9. The SMILES string of the molecule is NC(=O)COc1ccc2ccccc2c1C=Nn1c(C2CCCCC2)nc2ccc(Br)cc2c1=O. The maximum atomic E-state index is 13.6. The zero-order chi connectivity index (χ0) is 24.4. The molecule has 8 heteroatoms. The quantitative estimate of drug-likeness (QED) is 0.349. The number of nitrogens with two attached hydrogens (primary N) is 1. The molecule has 0 unspecified atom stereocenters. The molecule has 0 atom stereocenters. The van der Waals surface area contributed by atoms with Crippen molar-refractivity contribution in [3.8, 4) is 5.75 Å². The molecule has 0 radical (unpaired) electrons. The lowest BCUT2D eigenvalue weighted by molar-refractivity contribution is -0.119. The lowest BCUT2D eigenvalue weighted by Crippen LogP contribution is -2.25. The van der Waals surface area contributed by atoms with E-state index >= 15 is 0 Å². The molecule has 1 fully saturated rings. The highest BCUT2D eigenvalue weighted by molar-refractivity contribution is 9.10. The largest absolute Gasteiger partial charge is 0.483 e. The summed E-state index contributed by atoms with van der Waals surface area (Å²) in [5, 5.41) is 7.05. The van der Waals surface area contributed by atoms with Crippen molar-refractivity contribution < 1.29 is 9.53 Å². The Bertz CT molecular complexity index is 1510. The number of carbonyl (C=O) groups excluding carboxylic acids is 1. The zero-order valence-electron chi connectivity index (χ0n) is 19.1. The van der Waals surface area contributed by atoms with Crippen molar-refractivity contribution >= 4 is 49.7 Å². The number of rotatable bonds is 6. The standard InChI is InChI=1S/C27H25BrN4O3/c28-19-11-12-23-21(14-19)27(34)32(26(31-23)18-7-2-1-3-8-18)30-15-22-20-9-5-4-6-17(20)10-13-24(22)35-16-25(29)33/h4-6,9-15,18H,1-3,7-8,16H2,(H2,29,33). The van der Waals surface area contributed by atoms with Gasteiger partial charge in [0.1, 0.15) is 11.6 Å². The molecule has 1 aromatic heterocycles. The Kier molecular flexibility index (Phi) is 6.63. The summed E-state index contributed by atoms with van der Waals surface area (Å²) in [6, 6.07) is 17.0. The van der Waals surface area contributed by atoms with Crippen LogP contribution in [0.2, 0.25) is 0 Å². The first-order chi connectivity index (χ1) is 17.0. The molecule has 5 rings (SSSR count). The van der Waals surface area contributed by atoms with Gasteiger partial charge in [0, 0.05) is 16.0 Å². The second-order valence-corrected chi connectivity index (χ2v) is 9.70. The molecular formula is C27H25BrN4O3. The number of ether oxygens (including phenoxy) is 1. The fourth-order valence-corrected chi connectivity index (χ4v) is 5.06.